The topological polar surface area (TPSA) is 85.9 Å². The number of benzene rings is 1. The third-order valence-corrected chi connectivity index (χ3v) is 6.20. The van der Waals surface area contributed by atoms with Crippen LogP contribution >= 0.6 is 11.8 Å². The number of carbonyl (C=O) groups is 3. The molecule has 2 heterocycles. The number of amides is 5. The van der Waals surface area contributed by atoms with E-state index in [1.165, 1.54) is 40.3 Å². The summed E-state index contributed by atoms with van der Waals surface area (Å²) >= 11 is -0.272. The molecule has 1 N–H and O–H groups in total. The third-order valence-electron chi connectivity index (χ3n) is 5.46. The number of anilines is 2. The van der Waals surface area contributed by atoms with Crippen LogP contribution in [0.15, 0.2) is 47.5 Å². The minimum absolute atomic E-state index is 0.0487. The maximum Gasteiger partial charge on any atom is 0.446 e. The van der Waals surface area contributed by atoms with Crippen molar-refractivity contribution in [2.75, 3.05) is 23.8 Å². The van der Waals surface area contributed by atoms with Crippen LogP contribution in [0.4, 0.5) is 34.3 Å². The Morgan fingerprint density at radius 1 is 1.17 bits per heavy atom. The van der Waals surface area contributed by atoms with Gasteiger partial charge in [-0.2, -0.15) is 13.2 Å². The van der Waals surface area contributed by atoms with Crippen LogP contribution < -0.4 is 10.2 Å². The summed E-state index contributed by atoms with van der Waals surface area (Å²) in [4.78, 5) is 46.5. The number of imide groups is 1. The number of halogens is 3. The van der Waals surface area contributed by atoms with Gasteiger partial charge >= 0.3 is 17.6 Å². The number of rotatable bonds is 7. The van der Waals surface area contributed by atoms with Crippen molar-refractivity contribution in [3.8, 4) is 0 Å². The van der Waals surface area contributed by atoms with Crippen LogP contribution in [0.25, 0.3) is 0 Å². The number of alkyl halides is 3. The number of nitrogens with one attached hydrogen (secondary N) is 1. The summed E-state index contributed by atoms with van der Waals surface area (Å²) in [5.41, 5.74) is -4.82. The SMILES string of the molecule is CCCN(C)C(=O)Nc1cc(CN2C(=O)N(c3ccc(SC(F)(F)F)cc3)C(=O)C2(C)C)ccn1. The maximum atomic E-state index is 13.2. The average Bonchev–Trinajstić information content (AvgIpc) is 2.93. The molecule has 1 fully saturated rings. The molecule has 5 amide bonds. The quantitative estimate of drug-likeness (QED) is 0.404. The van der Waals surface area contributed by atoms with Crippen LogP contribution in [0.1, 0.15) is 32.8 Å². The lowest BCUT2D eigenvalue weighted by molar-refractivity contribution is -0.123. The molecule has 12 heteroatoms. The Morgan fingerprint density at radius 3 is 2.43 bits per heavy atom. The summed E-state index contributed by atoms with van der Waals surface area (Å²) in [7, 11) is 1.67. The van der Waals surface area contributed by atoms with Gasteiger partial charge in [0.2, 0.25) is 0 Å². The Hall–Kier alpha value is -3.28. The van der Waals surface area contributed by atoms with Gasteiger partial charge in [-0.05, 0) is 74.0 Å². The first kappa shape index (κ1) is 26.3. The first-order chi connectivity index (χ1) is 16.3. The summed E-state index contributed by atoms with van der Waals surface area (Å²) < 4.78 is 37.8. The highest BCUT2D eigenvalue weighted by atomic mass is 32.2. The fourth-order valence-electron chi connectivity index (χ4n) is 3.59. The van der Waals surface area contributed by atoms with Crippen molar-refractivity contribution in [3.63, 3.8) is 0 Å². The van der Waals surface area contributed by atoms with E-state index >= 15 is 0 Å². The molecule has 0 unspecified atom stereocenters. The second-order valence-electron chi connectivity index (χ2n) is 8.51. The molecule has 0 saturated carbocycles. The molecule has 0 spiro atoms. The number of aromatic nitrogens is 1. The molecule has 0 atom stereocenters. The van der Waals surface area contributed by atoms with E-state index in [1.807, 2.05) is 6.92 Å². The Kier molecular flexibility index (Phi) is 7.63. The molecule has 35 heavy (non-hydrogen) atoms. The van der Waals surface area contributed by atoms with Gasteiger partial charge in [0.25, 0.3) is 5.91 Å². The number of hydrogen-bond donors (Lipinski definition) is 1. The number of nitrogens with zero attached hydrogens (tertiary/aromatic N) is 4. The summed E-state index contributed by atoms with van der Waals surface area (Å²) in [6.45, 7) is 5.80. The molecule has 1 aromatic heterocycles. The lowest BCUT2D eigenvalue weighted by atomic mass is 10.0. The van der Waals surface area contributed by atoms with Crippen molar-refractivity contribution >= 4 is 41.2 Å². The van der Waals surface area contributed by atoms with Crippen LogP contribution in [0, 0.1) is 0 Å². The summed E-state index contributed by atoms with van der Waals surface area (Å²) in [5.74, 6) is -0.191. The molecule has 1 aromatic carbocycles. The van der Waals surface area contributed by atoms with E-state index in [0.717, 1.165) is 11.3 Å². The molecule has 1 saturated heterocycles. The lowest BCUT2D eigenvalue weighted by Gasteiger charge is -2.27. The fraction of sp³-hybridized carbons (Fsp3) is 0.391. The summed E-state index contributed by atoms with van der Waals surface area (Å²) in [6, 6.07) is 7.45. The minimum Gasteiger partial charge on any atom is -0.328 e. The normalized spacial score (nSPS) is 15.5. The van der Waals surface area contributed by atoms with Crippen molar-refractivity contribution in [2.45, 2.75) is 49.7 Å². The minimum atomic E-state index is -4.44. The van der Waals surface area contributed by atoms with E-state index in [4.69, 9.17) is 0 Å². The number of thioether (sulfide) groups is 1. The van der Waals surface area contributed by atoms with Crippen LogP contribution in [0.3, 0.4) is 0 Å². The van der Waals surface area contributed by atoms with Crippen molar-refractivity contribution < 1.29 is 27.6 Å². The van der Waals surface area contributed by atoms with Crippen molar-refractivity contribution in [1.29, 1.82) is 0 Å². The van der Waals surface area contributed by atoms with Crippen molar-refractivity contribution in [3.05, 3.63) is 48.2 Å². The molecular formula is C23H26F3N5O3S. The zero-order valence-corrected chi connectivity index (χ0v) is 20.5. The van der Waals surface area contributed by atoms with Crippen LogP contribution in [0.2, 0.25) is 0 Å². The molecule has 188 valence electrons. The molecule has 0 aliphatic carbocycles. The Balaban J connectivity index is 1.78. The molecule has 0 bridgehead atoms. The second kappa shape index (κ2) is 10.1. The molecule has 1 aliphatic heterocycles. The Morgan fingerprint density at radius 2 is 1.83 bits per heavy atom. The van der Waals surface area contributed by atoms with E-state index in [1.54, 1.807) is 33.0 Å². The van der Waals surface area contributed by atoms with Gasteiger partial charge in [0, 0.05) is 31.2 Å². The summed E-state index contributed by atoms with van der Waals surface area (Å²) in [6.07, 6.45) is 2.30. The highest BCUT2D eigenvalue weighted by Crippen LogP contribution is 2.39. The van der Waals surface area contributed by atoms with E-state index in [2.05, 4.69) is 10.3 Å². The third kappa shape index (κ3) is 6.05. The molecular weight excluding hydrogens is 483 g/mol. The van der Waals surface area contributed by atoms with Crippen LogP contribution in [0.5, 0.6) is 0 Å². The first-order valence-corrected chi connectivity index (χ1v) is 11.6. The van der Waals surface area contributed by atoms with Gasteiger partial charge in [0.1, 0.15) is 11.4 Å². The standard InChI is InChI=1S/C23H26F3N5O3S/c1-5-12-29(4)20(33)28-18-13-15(10-11-27-18)14-30-21(34)31(19(32)22(30,2)3)16-6-8-17(9-7-16)35-23(24,25)26/h6-11,13H,5,12,14H2,1-4H3,(H,27,28,33). The predicted molar refractivity (Wildman–Crippen MR) is 127 cm³/mol. The predicted octanol–water partition coefficient (Wildman–Crippen LogP) is 5.31. The Labute approximate surface area is 205 Å². The maximum absolute atomic E-state index is 13.2. The van der Waals surface area contributed by atoms with Gasteiger partial charge < -0.3 is 9.80 Å². The highest BCUT2D eigenvalue weighted by molar-refractivity contribution is 8.00. The molecule has 1 aliphatic rings. The first-order valence-electron chi connectivity index (χ1n) is 10.8. The van der Waals surface area contributed by atoms with Gasteiger partial charge in [-0.15, -0.1) is 0 Å². The average molecular weight is 510 g/mol. The van der Waals surface area contributed by atoms with E-state index < -0.39 is 23.0 Å². The van der Waals surface area contributed by atoms with Crippen molar-refractivity contribution in [2.24, 2.45) is 0 Å². The number of hydrogen-bond acceptors (Lipinski definition) is 5. The molecule has 2 aromatic rings. The number of pyridine rings is 1. The van der Waals surface area contributed by atoms with Gasteiger partial charge in [-0.25, -0.2) is 19.5 Å². The number of urea groups is 2. The highest BCUT2D eigenvalue weighted by Gasteiger charge is 2.51. The smallest absolute Gasteiger partial charge is 0.328 e. The van der Waals surface area contributed by atoms with Gasteiger partial charge in [0.05, 0.1) is 5.69 Å². The van der Waals surface area contributed by atoms with Gasteiger partial charge in [-0.3, -0.25) is 10.1 Å². The van der Waals surface area contributed by atoms with Crippen LogP contribution in [-0.4, -0.2) is 57.4 Å². The second-order valence-corrected chi connectivity index (χ2v) is 9.65. The fourth-order valence-corrected chi connectivity index (χ4v) is 4.13. The van der Waals surface area contributed by atoms with E-state index in [-0.39, 0.29) is 34.9 Å². The molecule has 8 nitrogen and oxygen atoms in total. The van der Waals surface area contributed by atoms with Crippen LogP contribution in [-0.2, 0) is 11.3 Å². The largest absolute Gasteiger partial charge is 0.446 e. The number of carbonyl (C=O) groups excluding carboxylic acids is 3. The van der Waals surface area contributed by atoms with Gasteiger partial charge in [0.15, 0.2) is 0 Å². The van der Waals surface area contributed by atoms with E-state index in [0.29, 0.717) is 17.9 Å². The molecule has 0 radical (unpaired) electrons. The zero-order valence-electron chi connectivity index (χ0n) is 19.7. The zero-order chi connectivity index (χ0) is 26.0. The molecule has 3 rings (SSSR count). The Bertz CT molecular complexity index is 1110. The van der Waals surface area contributed by atoms with Gasteiger partial charge in [-0.1, -0.05) is 6.92 Å². The van der Waals surface area contributed by atoms with Crippen molar-refractivity contribution in [1.82, 2.24) is 14.8 Å². The summed E-state index contributed by atoms with van der Waals surface area (Å²) in [5, 5.41) is 2.70. The lowest BCUT2D eigenvalue weighted by Crippen LogP contribution is -2.43. The monoisotopic (exact) mass is 509 g/mol. The van der Waals surface area contributed by atoms with E-state index in [9.17, 15) is 27.6 Å².